The average molecular weight is 239 g/mol. The number of nitrogens with zero attached hydrogens (tertiary/aromatic N) is 3. The summed E-state index contributed by atoms with van der Waals surface area (Å²) in [6.07, 6.45) is 3.57. The molecule has 0 bridgehead atoms. The third kappa shape index (κ3) is 1.62. The van der Waals surface area contributed by atoms with Crippen LogP contribution in [0.4, 0.5) is 0 Å². The summed E-state index contributed by atoms with van der Waals surface area (Å²) in [5, 5.41) is 4.42. The number of fused-ring (bicyclic) bond motifs is 1. The van der Waals surface area contributed by atoms with Gasteiger partial charge < -0.3 is 4.57 Å². The van der Waals surface area contributed by atoms with E-state index in [2.05, 4.69) is 5.10 Å². The summed E-state index contributed by atoms with van der Waals surface area (Å²) < 4.78 is 3.31. The molecule has 0 aliphatic rings. The molecule has 0 aliphatic carbocycles. The SMILES string of the molecule is CCn1ccn2nc(-c3ccccc3)cc2c1=O. The van der Waals surface area contributed by atoms with Crippen molar-refractivity contribution in [3.63, 3.8) is 0 Å². The number of aryl methyl sites for hydroxylation is 1. The Morgan fingerprint density at radius 3 is 2.67 bits per heavy atom. The van der Waals surface area contributed by atoms with Gasteiger partial charge in [-0.1, -0.05) is 30.3 Å². The van der Waals surface area contributed by atoms with E-state index in [1.165, 1.54) is 0 Å². The molecule has 2 aromatic heterocycles. The Bertz CT molecular complexity index is 741. The van der Waals surface area contributed by atoms with Gasteiger partial charge in [0.15, 0.2) is 0 Å². The minimum absolute atomic E-state index is 0.00492. The van der Waals surface area contributed by atoms with Crippen molar-refractivity contribution in [3.05, 3.63) is 59.1 Å². The fraction of sp³-hybridized carbons (Fsp3) is 0.143. The van der Waals surface area contributed by atoms with Crippen molar-refractivity contribution >= 4 is 5.52 Å². The van der Waals surface area contributed by atoms with Gasteiger partial charge in [0, 0.05) is 24.5 Å². The van der Waals surface area contributed by atoms with Gasteiger partial charge in [-0.05, 0) is 13.0 Å². The molecule has 0 N–H and O–H groups in total. The minimum Gasteiger partial charge on any atom is -0.312 e. The molecule has 0 radical (unpaired) electrons. The third-order valence-electron chi connectivity index (χ3n) is 3.01. The Morgan fingerprint density at radius 1 is 1.17 bits per heavy atom. The van der Waals surface area contributed by atoms with E-state index in [0.717, 1.165) is 11.3 Å². The minimum atomic E-state index is -0.00492. The van der Waals surface area contributed by atoms with Gasteiger partial charge in [0.05, 0.1) is 5.69 Å². The highest BCUT2D eigenvalue weighted by atomic mass is 16.1. The lowest BCUT2D eigenvalue weighted by Crippen LogP contribution is -2.20. The van der Waals surface area contributed by atoms with E-state index in [0.29, 0.717) is 12.1 Å². The molecule has 0 fully saturated rings. The zero-order valence-corrected chi connectivity index (χ0v) is 10.1. The van der Waals surface area contributed by atoms with Crippen LogP contribution >= 0.6 is 0 Å². The highest BCUT2D eigenvalue weighted by Crippen LogP contribution is 2.17. The van der Waals surface area contributed by atoms with Crippen LogP contribution in [0, 0.1) is 0 Å². The molecular formula is C14H13N3O. The van der Waals surface area contributed by atoms with Crippen LogP contribution < -0.4 is 5.56 Å². The fourth-order valence-corrected chi connectivity index (χ4v) is 2.03. The normalized spacial score (nSPS) is 10.9. The lowest BCUT2D eigenvalue weighted by molar-refractivity contribution is 0.715. The first-order valence-electron chi connectivity index (χ1n) is 5.94. The lowest BCUT2D eigenvalue weighted by atomic mass is 10.1. The van der Waals surface area contributed by atoms with Gasteiger partial charge in [0.2, 0.25) is 0 Å². The van der Waals surface area contributed by atoms with Crippen molar-refractivity contribution in [2.75, 3.05) is 0 Å². The first kappa shape index (κ1) is 10.8. The molecule has 1 aromatic carbocycles. The highest BCUT2D eigenvalue weighted by molar-refractivity contribution is 5.65. The van der Waals surface area contributed by atoms with E-state index >= 15 is 0 Å². The Kier molecular flexibility index (Phi) is 2.48. The standard InChI is InChI=1S/C14H13N3O/c1-2-16-8-9-17-13(14(16)18)10-12(15-17)11-6-4-3-5-7-11/h3-10H,2H2,1H3. The molecule has 3 aromatic rings. The van der Waals surface area contributed by atoms with Gasteiger partial charge in [-0.3, -0.25) is 4.79 Å². The predicted octanol–water partition coefficient (Wildman–Crippen LogP) is 2.18. The molecule has 18 heavy (non-hydrogen) atoms. The van der Waals surface area contributed by atoms with Crippen LogP contribution in [0.3, 0.4) is 0 Å². The van der Waals surface area contributed by atoms with Gasteiger partial charge in [-0.25, -0.2) is 4.52 Å². The highest BCUT2D eigenvalue weighted by Gasteiger charge is 2.07. The lowest BCUT2D eigenvalue weighted by Gasteiger charge is -2.00. The van der Waals surface area contributed by atoms with Crippen LogP contribution in [0.5, 0.6) is 0 Å². The molecular weight excluding hydrogens is 226 g/mol. The summed E-state index contributed by atoms with van der Waals surface area (Å²) in [6.45, 7) is 2.62. The molecule has 2 heterocycles. The van der Waals surface area contributed by atoms with Crippen LogP contribution in [-0.4, -0.2) is 14.2 Å². The van der Waals surface area contributed by atoms with Crippen molar-refractivity contribution in [2.24, 2.45) is 0 Å². The third-order valence-corrected chi connectivity index (χ3v) is 3.01. The fourth-order valence-electron chi connectivity index (χ4n) is 2.03. The van der Waals surface area contributed by atoms with Crippen LogP contribution in [0.15, 0.2) is 53.6 Å². The zero-order chi connectivity index (χ0) is 12.5. The van der Waals surface area contributed by atoms with Crippen LogP contribution in [-0.2, 0) is 6.54 Å². The molecule has 0 aliphatic heterocycles. The van der Waals surface area contributed by atoms with Gasteiger partial charge in [0.25, 0.3) is 5.56 Å². The maximum atomic E-state index is 12.1. The summed E-state index contributed by atoms with van der Waals surface area (Å²) in [7, 11) is 0. The zero-order valence-electron chi connectivity index (χ0n) is 10.1. The number of benzene rings is 1. The number of aromatic nitrogens is 3. The van der Waals surface area contributed by atoms with Crippen molar-refractivity contribution in [3.8, 4) is 11.3 Å². The van der Waals surface area contributed by atoms with E-state index in [1.54, 1.807) is 15.3 Å². The van der Waals surface area contributed by atoms with Gasteiger partial charge in [0.1, 0.15) is 5.52 Å². The van der Waals surface area contributed by atoms with Crippen molar-refractivity contribution < 1.29 is 0 Å². The monoisotopic (exact) mass is 239 g/mol. The van der Waals surface area contributed by atoms with Crippen LogP contribution in [0.25, 0.3) is 16.8 Å². The molecule has 0 unspecified atom stereocenters. The average Bonchev–Trinajstić information content (AvgIpc) is 2.85. The van der Waals surface area contributed by atoms with E-state index in [1.807, 2.05) is 49.5 Å². The predicted molar refractivity (Wildman–Crippen MR) is 70.6 cm³/mol. The molecule has 0 spiro atoms. The number of hydrogen-bond acceptors (Lipinski definition) is 2. The summed E-state index contributed by atoms with van der Waals surface area (Å²) >= 11 is 0. The van der Waals surface area contributed by atoms with Crippen LogP contribution in [0.1, 0.15) is 6.92 Å². The Hall–Kier alpha value is -2.36. The topological polar surface area (TPSA) is 39.3 Å². The molecule has 0 saturated heterocycles. The van der Waals surface area contributed by atoms with E-state index < -0.39 is 0 Å². The first-order valence-corrected chi connectivity index (χ1v) is 5.94. The summed E-state index contributed by atoms with van der Waals surface area (Å²) in [4.78, 5) is 12.1. The van der Waals surface area contributed by atoms with Gasteiger partial charge in [-0.15, -0.1) is 0 Å². The van der Waals surface area contributed by atoms with Crippen molar-refractivity contribution in [1.29, 1.82) is 0 Å². The van der Waals surface area contributed by atoms with E-state index in [-0.39, 0.29) is 5.56 Å². The van der Waals surface area contributed by atoms with Crippen molar-refractivity contribution in [2.45, 2.75) is 13.5 Å². The van der Waals surface area contributed by atoms with Gasteiger partial charge >= 0.3 is 0 Å². The molecule has 3 rings (SSSR count). The maximum absolute atomic E-state index is 12.1. The second-order valence-corrected chi connectivity index (χ2v) is 4.11. The molecule has 4 heteroatoms. The number of rotatable bonds is 2. The quantitative estimate of drug-likeness (QED) is 0.687. The molecule has 4 nitrogen and oxygen atoms in total. The molecule has 0 amide bonds. The summed E-state index contributed by atoms with van der Waals surface area (Å²) in [6, 6.07) is 11.7. The Morgan fingerprint density at radius 2 is 1.94 bits per heavy atom. The number of hydrogen-bond donors (Lipinski definition) is 0. The van der Waals surface area contributed by atoms with Crippen molar-refractivity contribution in [1.82, 2.24) is 14.2 Å². The summed E-state index contributed by atoms with van der Waals surface area (Å²) in [5.74, 6) is 0. The first-order chi connectivity index (χ1) is 8.79. The second-order valence-electron chi connectivity index (χ2n) is 4.11. The Labute approximate surface area is 104 Å². The molecule has 90 valence electrons. The summed E-state index contributed by atoms with van der Waals surface area (Å²) in [5.41, 5.74) is 2.44. The van der Waals surface area contributed by atoms with E-state index in [9.17, 15) is 4.79 Å². The largest absolute Gasteiger partial charge is 0.312 e. The van der Waals surface area contributed by atoms with Gasteiger partial charge in [-0.2, -0.15) is 5.10 Å². The Balaban J connectivity index is 2.24. The maximum Gasteiger partial charge on any atom is 0.276 e. The van der Waals surface area contributed by atoms with E-state index in [4.69, 9.17) is 0 Å². The van der Waals surface area contributed by atoms with Crippen LogP contribution in [0.2, 0.25) is 0 Å². The molecule has 0 atom stereocenters. The molecule has 0 saturated carbocycles. The smallest absolute Gasteiger partial charge is 0.276 e. The second kappa shape index (κ2) is 4.14.